The number of carbonyl (C=O) groups excluding carboxylic acids is 2. The second kappa shape index (κ2) is 20.0. The first kappa shape index (κ1) is 33.9. The maximum Gasteiger partial charge on any atom is 0.313 e. The molecule has 0 radical (unpaired) electrons. The predicted octanol–water partition coefficient (Wildman–Crippen LogP) is 6.30. The summed E-state index contributed by atoms with van der Waals surface area (Å²) in [5.41, 5.74) is 5.71. The molecule has 0 aliphatic rings. The van der Waals surface area contributed by atoms with Crippen molar-refractivity contribution in [3.8, 4) is 0 Å². The molecule has 3 rings (SSSR count). The van der Waals surface area contributed by atoms with E-state index in [4.69, 9.17) is 4.79 Å². The maximum atomic E-state index is 11.2. The van der Waals surface area contributed by atoms with Crippen LogP contribution in [0.25, 0.3) is 0 Å². The summed E-state index contributed by atoms with van der Waals surface area (Å²) in [5.74, 6) is 0. The highest BCUT2D eigenvalue weighted by Crippen LogP contribution is 2.30. The maximum absolute atomic E-state index is 11.2. The fraction of sp³-hybridized carbons (Fsp3) is 0.345. The first-order valence-corrected chi connectivity index (χ1v) is 12.4. The minimum Gasteiger partial charge on any atom is -0.350 e. The Hall–Kier alpha value is -4.11. The van der Waals surface area contributed by atoms with Crippen molar-refractivity contribution in [2.24, 2.45) is 0 Å². The Kier molecular flexibility index (Phi) is 17.8. The van der Waals surface area contributed by atoms with Gasteiger partial charge in [-0.3, -0.25) is 19.9 Å². The van der Waals surface area contributed by atoms with Gasteiger partial charge in [-0.05, 0) is 76.7 Å². The summed E-state index contributed by atoms with van der Waals surface area (Å²) >= 11 is 0. The molecule has 0 unspecified atom stereocenters. The van der Waals surface area contributed by atoms with E-state index >= 15 is 0 Å². The Morgan fingerprint density at radius 2 is 1.50 bits per heavy atom. The van der Waals surface area contributed by atoms with Gasteiger partial charge in [-0.1, -0.05) is 56.5 Å². The lowest BCUT2D eigenvalue weighted by molar-refractivity contribution is -0.384. The summed E-state index contributed by atoms with van der Waals surface area (Å²) in [7, 11) is 1.92. The molecule has 9 nitrogen and oxygen atoms in total. The topological polar surface area (TPSA) is 126 Å². The van der Waals surface area contributed by atoms with Crippen LogP contribution in [0.1, 0.15) is 49.2 Å². The van der Waals surface area contributed by atoms with Crippen LogP contribution in [0, 0.1) is 30.9 Å². The van der Waals surface area contributed by atoms with Crippen LogP contribution in [-0.2, 0) is 16.0 Å². The minimum atomic E-state index is -0.397. The molecule has 38 heavy (non-hydrogen) atoms. The molecule has 0 saturated heterocycles. The average Bonchev–Trinajstić information content (AvgIpc) is 2.91. The number of amides is 1. The van der Waals surface area contributed by atoms with E-state index in [9.17, 15) is 14.9 Å². The van der Waals surface area contributed by atoms with Gasteiger partial charge in [0, 0.05) is 17.1 Å². The van der Waals surface area contributed by atoms with Gasteiger partial charge in [0.05, 0.1) is 4.92 Å². The molecule has 2 aromatic carbocycles. The number of nitrogens with zero attached hydrogens (tertiary/aromatic N) is 2. The SMILES string of the molecule is C=O.CCCC.CNCCc1ccc(Nc2cc(C)nc(C)c2[N+](=O)[O-])cc1.Cc1ccc(NC=O)cc1. The lowest BCUT2D eigenvalue weighted by Gasteiger charge is -2.10. The van der Waals surface area contributed by atoms with E-state index in [1.54, 1.807) is 13.0 Å². The van der Waals surface area contributed by atoms with Gasteiger partial charge in [-0.2, -0.15) is 0 Å². The Bertz CT molecular complexity index is 1090. The zero-order chi connectivity index (χ0) is 28.9. The van der Waals surface area contributed by atoms with Crippen LogP contribution >= 0.6 is 0 Å². The van der Waals surface area contributed by atoms with E-state index < -0.39 is 4.92 Å². The first-order chi connectivity index (χ1) is 18.2. The van der Waals surface area contributed by atoms with Crippen molar-refractivity contribution in [2.45, 2.75) is 53.9 Å². The summed E-state index contributed by atoms with van der Waals surface area (Å²) < 4.78 is 0. The van der Waals surface area contributed by atoms with Crippen molar-refractivity contribution in [3.05, 3.63) is 87.2 Å². The number of aromatic nitrogens is 1. The van der Waals surface area contributed by atoms with Crippen LogP contribution in [0.3, 0.4) is 0 Å². The Balaban J connectivity index is 0.000000707. The number of pyridine rings is 1. The van der Waals surface area contributed by atoms with Gasteiger partial charge in [0.15, 0.2) is 0 Å². The molecule has 0 fully saturated rings. The summed E-state index contributed by atoms with van der Waals surface area (Å²) in [6.07, 6.45) is 4.26. The van der Waals surface area contributed by atoms with E-state index in [0.717, 1.165) is 30.0 Å². The molecule has 0 saturated carbocycles. The van der Waals surface area contributed by atoms with Gasteiger partial charge in [0.25, 0.3) is 0 Å². The largest absolute Gasteiger partial charge is 0.350 e. The summed E-state index contributed by atoms with van der Waals surface area (Å²) in [5, 5.41) is 20.0. The number of aryl methyl sites for hydroxylation is 3. The zero-order valence-electron chi connectivity index (χ0n) is 23.3. The Labute approximate surface area is 226 Å². The van der Waals surface area contributed by atoms with E-state index in [2.05, 4.69) is 34.8 Å². The molecular weight excluding hydrogens is 482 g/mol. The second-order valence-corrected chi connectivity index (χ2v) is 8.31. The number of benzene rings is 2. The molecule has 3 N–H and O–H groups in total. The first-order valence-electron chi connectivity index (χ1n) is 12.4. The number of nitrogens with one attached hydrogen (secondary N) is 3. The third kappa shape index (κ3) is 13.3. The van der Waals surface area contributed by atoms with Crippen molar-refractivity contribution < 1.29 is 14.5 Å². The lowest BCUT2D eigenvalue weighted by Crippen LogP contribution is -2.10. The fourth-order valence-corrected chi connectivity index (χ4v) is 3.05. The normalized spacial score (nSPS) is 9.32. The van der Waals surface area contributed by atoms with Crippen molar-refractivity contribution in [3.63, 3.8) is 0 Å². The highest BCUT2D eigenvalue weighted by atomic mass is 16.6. The number of unbranched alkanes of at least 4 members (excludes halogenated alkanes) is 1. The molecule has 0 atom stereocenters. The van der Waals surface area contributed by atoms with Crippen LogP contribution in [0.2, 0.25) is 0 Å². The van der Waals surface area contributed by atoms with Crippen LogP contribution in [0.4, 0.5) is 22.7 Å². The van der Waals surface area contributed by atoms with Crippen LogP contribution in [0.5, 0.6) is 0 Å². The summed E-state index contributed by atoms with van der Waals surface area (Å²) in [6.45, 7) is 12.8. The smallest absolute Gasteiger partial charge is 0.313 e. The van der Waals surface area contributed by atoms with Crippen molar-refractivity contribution in [1.29, 1.82) is 0 Å². The molecule has 0 aliphatic carbocycles. The van der Waals surface area contributed by atoms with Crippen molar-refractivity contribution >= 4 is 35.9 Å². The predicted molar refractivity (Wildman–Crippen MR) is 156 cm³/mol. The fourth-order valence-electron chi connectivity index (χ4n) is 3.05. The summed E-state index contributed by atoms with van der Waals surface area (Å²) in [6, 6.07) is 17.2. The highest BCUT2D eigenvalue weighted by Gasteiger charge is 2.19. The van der Waals surface area contributed by atoms with Crippen molar-refractivity contribution in [1.82, 2.24) is 10.3 Å². The number of rotatable bonds is 9. The van der Waals surface area contributed by atoms with Gasteiger partial charge >= 0.3 is 5.69 Å². The average molecular weight is 524 g/mol. The molecule has 9 heteroatoms. The van der Waals surface area contributed by atoms with Gasteiger partial charge in [0.2, 0.25) is 6.41 Å². The van der Waals surface area contributed by atoms with Gasteiger partial charge < -0.3 is 20.7 Å². The Morgan fingerprint density at radius 3 is 1.97 bits per heavy atom. The van der Waals surface area contributed by atoms with Gasteiger partial charge in [0.1, 0.15) is 18.2 Å². The molecule has 0 bridgehead atoms. The summed E-state index contributed by atoms with van der Waals surface area (Å²) in [4.78, 5) is 32.9. The molecule has 1 aromatic heterocycles. The number of hydrogen-bond acceptors (Lipinski definition) is 7. The van der Waals surface area contributed by atoms with E-state index in [1.165, 1.54) is 24.0 Å². The number of likely N-dealkylation sites (N-methyl/N-ethyl adjacent to an activating group) is 1. The minimum absolute atomic E-state index is 0.0184. The quantitative estimate of drug-likeness (QED) is 0.171. The third-order valence-corrected chi connectivity index (χ3v) is 5.15. The Morgan fingerprint density at radius 1 is 0.947 bits per heavy atom. The van der Waals surface area contributed by atoms with E-state index in [0.29, 0.717) is 17.8 Å². The monoisotopic (exact) mass is 523 g/mol. The molecule has 206 valence electrons. The standard InChI is InChI=1S/C16H20N4O2.C8H9NO.C4H10.CH2O/c1-11-10-15(16(20(21)22)12(2)18-11)19-14-6-4-13(5-7-14)8-9-17-3;1-7-2-4-8(5-3-7)9-6-10;1-3-4-2;1-2/h4-7,10,17H,8-9H2,1-3H3,(H,18,19);2-6H,1H3,(H,9,10);3-4H2,1-2H3;1H2. The van der Waals surface area contributed by atoms with Crippen molar-refractivity contribution in [2.75, 3.05) is 24.2 Å². The molecule has 1 amide bonds. The third-order valence-electron chi connectivity index (χ3n) is 5.15. The van der Waals surface area contributed by atoms with E-state index in [-0.39, 0.29) is 5.69 Å². The van der Waals surface area contributed by atoms with E-state index in [1.807, 2.05) is 76.2 Å². The van der Waals surface area contributed by atoms with Crippen LogP contribution in [-0.4, -0.2) is 36.7 Å². The van der Waals surface area contributed by atoms with Gasteiger partial charge in [-0.25, -0.2) is 0 Å². The lowest BCUT2D eigenvalue weighted by atomic mass is 10.1. The second-order valence-electron chi connectivity index (χ2n) is 8.31. The molecule has 0 aliphatic heterocycles. The van der Waals surface area contributed by atoms with Crippen LogP contribution < -0.4 is 16.0 Å². The number of nitro groups is 1. The molecular formula is C29H41N5O4. The van der Waals surface area contributed by atoms with Crippen LogP contribution in [0.15, 0.2) is 54.6 Å². The number of carbonyl (C=O) groups is 2. The molecule has 3 aromatic rings. The zero-order valence-corrected chi connectivity index (χ0v) is 23.3. The highest BCUT2D eigenvalue weighted by molar-refractivity contribution is 5.71. The van der Waals surface area contributed by atoms with Gasteiger partial charge in [-0.15, -0.1) is 0 Å². The molecule has 0 spiro atoms. The number of hydrogen-bond donors (Lipinski definition) is 3. The number of anilines is 3. The molecule has 1 heterocycles.